The molecule has 0 aromatic heterocycles. The molecule has 0 saturated carbocycles. The second-order valence-electron chi connectivity index (χ2n) is 3.88. The van der Waals surface area contributed by atoms with Gasteiger partial charge in [0, 0.05) is 19.3 Å². The van der Waals surface area contributed by atoms with Gasteiger partial charge in [0.15, 0.2) is 0 Å². The Hall–Kier alpha value is -0.340. The van der Waals surface area contributed by atoms with E-state index in [0.717, 1.165) is 25.2 Å². The SMILES string of the molecule is C=C(C)C(N)C1CCOCC1C. The molecular formula is C10H19NO. The minimum Gasteiger partial charge on any atom is -0.381 e. The molecule has 1 aliphatic rings. The Balaban J connectivity index is 2.53. The van der Waals surface area contributed by atoms with Gasteiger partial charge in [0.25, 0.3) is 0 Å². The van der Waals surface area contributed by atoms with Gasteiger partial charge in [0.2, 0.25) is 0 Å². The van der Waals surface area contributed by atoms with Crippen molar-refractivity contribution in [3.05, 3.63) is 12.2 Å². The Morgan fingerprint density at radius 1 is 1.67 bits per heavy atom. The first-order valence-electron chi connectivity index (χ1n) is 4.61. The van der Waals surface area contributed by atoms with Crippen molar-refractivity contribution in [2.24, 2.45) is 17.6 Å². The summed E-state index contributed by atoms with van der Waals surface area (Å²) in [5.74, 6) is 1.14. The summed E-state index contributed by atoms with van der Waals surface area (Å²) >= 11 is 0. The number of rotatable bonds is 2. The molecule has 0 aromatic rings. The van der Waals surface area contributed by atoms with E-state index in [1.54, 1.807) is 0 Å². The summed E-state index contributed by atoms with van der Waals surface area (Å²) in [6, 6.07) is 0.156. The highest BCUT2D eigenvalue weighted by molar-refractivity contribution is 5.04. The summed E-state index contributed by atoms with van der Waals surface area (Å²) < 4.78 is 5.36. The first-order chi connectivity index (χ1) is 5.63. The average molecular weight is 169 g/mol. The van der Waals surface area contributed by atoms with Gasteiger partial charge in [-0.1, -0.05) is 19.1 Å². The topological polar surface area (TPSA) is 35.2 Å². The molecule has 3 atom stereocenters. The van der Waals surface area contributed by atoms with Crippen molar-refractivity contribution in [1.82, 2.24) is 0 Å². The molecular weight excluding hydrogens is 150 g/mol. The van der Waals surface area contributed by atoms with Crippen LogP contribution in [0.4, 0.5) is 0 Å². The van der Waals surface area contributed by atoms with Crippen LogP contribution in [0, 0.1) is 11.8 Å². The molecule has 12 heavy (non-hydrogen) atoms. The van der Waals surface area contributed by atoms with E-state index in [0.29, 0.717) is 11.8 Å². The molecule has 3 unspecified atom stereocenters. The Kier molecular flexibility index (Phi) is 3.29. The Morgan fingerprint density at radius 3 is 2.83 bits per heavy atom. The third kappa shape index (κ3) is 2.08. The van der Waals surface area contributed by atoms with E-state index in [2.05, 4.69) is 13.5 Å². The number of ether oxygens (including phenoxy) is 1. The van der Waals surface area contributed by atoms with Crippen LogP contribution in [0.5, 0.6) is 0 Å². The molecule has 0 amide bonds. The number of hydrogen-bond acceptors (Lipinski definition) is 2. The zero-order chi connectivity index (χ0) is 9.14. The van der Waals surface area contributed by atoms with Crippen molar-refractivity contribution in [2.45, 2.75) is 26.3 Å². The van der Waals surface area contributed by atoms with Crippen LogP contribution >= 0.6 is 0 Å². The van der Waals surface area contributed by atoms with Gasteiger partial charge in [-0.15, -0.1) is 0 Å². The molecule has 1 fully saturated rings. The monoisotopic (exact) mass is 169 g/mol. The predicted octanol–water partition coefficient (Wildman–Crippen LogP) is 1.56. The van der Waals surface area contributed by atoms with Crippen LogP contribution in [0.25, 0.3) is 0 Å². The number of hydrogen-bond donors (Lipinski definition) is 1. The summed E-state index contributed by atoms with van der Waals surface area (Å²) in [5, 5.41) is 0. The average Bonchev–Trinajstić information content (AvgIpc) is 2.04. The molecule has 2 nitrogen and oxygen atoms in total. The van der Waals surface area contributed by atoms with Gasteiger partial charge in [-0.3, -0.25) is 0 Å². The Labute approximate surface area is 74.8 Å². The van der Waals surface area contributed by atoms with E-state index < -0.39 is 0 Å². The van der Waals surface area contributed by atoms with Gasteiger partial charge >= 0.3 is 0 Å². The van der Waals surface area contributed by atoms with Gasteiger partial charge in [-0.2, -0.15) is 0 Å². The van der Waals surface area contributed by atoms with Crippen LogP contribution in [-0.2, 0) is 4.74 Å². The van der Waals surface area contributed by atoms with Crippen LogP contribution < -0.4 is 5.73 Å². The highest BCUT2D eigenvalue weighted by atomic mass is 16.5. The third-order valence-electron chi connectivity index (χ3n) is 2.74. The van der Waals surface area contributed by atoms with E-state index >= 15 is 0 Å². The molecule has 0 aliphatic carbocycles. The lowest BCUT2D eigenvalue weighted by Crippen LogP contribution is -2.40. The highest BCUT2D eigenvalue weighted by Gasteiger charge is 2.27. The third-order valence-corrected chi connectivity index (χ3v) is 2.74. The summed E-state index contributed by atoms with van der Waals surface area (Å²) in [6.07, 6.45) is 1.08. The van der Waals surface area contributed by atoms with Gasteiger partial charge in [0.05, 0.1) is 0 Å². The van der Waals surface area contributed by atoms with Crippen LogP contribution in [-0.4, -0.2) is 19.3 Å². The van der Waals surface area contributed by atoms with Crippen LogP contribution in [0.1, 0.15) is 20.3 Å². The standard InChI is InChI=1S/C10H19NO/c1-7(2)10(11)9-4-5-12-6-8(9)3/h8-10H,1,4-6,11H2,2-3H3. The van der Waals surface area contributed by atoms with Crippen molar-refractivity contribution < 1.29 is 4.74 Å². The minimum atomic E-state index is 0.156. The Bertz CT molecular complexity index is 167. The largest absolute Gasteiger partial charge is 0.381 e. The van der Waals surface area contributed by atoms with Crippen molar-refractivity contribution in [3.63, 3.8) is 0 Å². The lowest BCUT2D eigenvalue weighted by atomic mass is 9.82. The summed E-state index contributed by atoms with van der Waals surface area (Å²) in [5.41, 5.74) is 7.12. The van der Waals surface area contributed by atoms with E-state index in [-0.39, 0.29) is 6.04 Å². The molecule has 1 rings (SSSR count). The van der Waals surface area contributed by atoms with Crippen LogP contribution in [0.15, 0.2) is 12.2 Å². The maximum Gasteiger partial charge on any atom is 0.0494 e. The molecule has 1 heterocycles. The second-order valence-corrected chi connectivity index (χ2v) is 3.88. The van der Waals surface area contributed by atoms with Crippen LogP contribution in [0.3, 0.4) is 0 Å². The number of nitrogens with two attached hydrogens (primary N) is 1. The maximum atomic E-state index is 6.03. The van der Waals surface area contributed by atoms with E-state index in [9.17, 15) is 0 Å². The lowest BCUT2D eigenvalue weighted by molar-refractivity contribution is 0.0194. The van der Waals surface area contributed by atoms with Gasteiger partial charge in [-0.25, -0.2) is 0 Å². The van der Waals surface area contributed by atoms with Crippen molar-refractivity contribution >= 4 is 0 Å². The quantitative estimate of drug-likeness (QED) is 0.637. The molecule has 0 radical (unpaired) electrons. The zero-order valence-corrected chi connectivity index (χ0v) is 8.05. The van der Waals surface area contributed by atoms with Gasteiger partial charge < -0.3 is 10.5 Å². The molecule has 0 aromatic carbocycles. The normalized spacial score (nSPS) is 32.9. The van der Waals surface area contributed by atoms with Gasteiger partial charge in [-0.05, 0) is 25.2 Å². The fraction of sp³-hybridized carbons (Fsp3) is 0.800. The van der Waals surface area contributed by atoms with E-state index in [1.165, 1.54) is 0 Å². The van der Waals surface area contributed by atoms with Gasteiger partial charge in [0.1, 0.15) is 0 Å². The molecule has 1 aliphatic heterocycles. The smallest absolute Gasteiger partial charge is 0.0494 e. The Morgan fingerprint density at radius 2 is 2.33 bits per heavy atom. The minimum absolute atomic E-state index is 0.156. The molecule has 1 saturated heterocycles. The fourth-order valence-corrected chi connectivity index (χ4v) is 1.80. The van der Waals surface area contributed by atoms with E-state index in [1.807, 2.05) is 6.92 Å². The van der Waals surface area contributed by atoms with Crippen molar-refractivity contribution in [2.75, 3.05) is 13.2 Å². The molecule has 2 heteroatoms. The first kappa shape index (κ1) is 9.75. The summed E-state index contributed by atoms with van der Waals surface area (Å²) in [4.78, 5) is 0. The predicted molar refractivity (Wildman–Crippen MR) is 50.9 cm³/mol. The van der Waals surface area contributed by atoms with Crippen LogP contribution in [0.2, 0.25) is 0 Å². The molecule has 2 N–H and O–H groups in total. The first-order valence-corrected chi connectivity index (χ1v) is 4.61. The maximum absolute atomic E-state index is 6.03. The highest BCUT2D eigenvalue weighted by Crippen LogP contribution is 2.26. The van der Waals surface area contributed by atoms with E-state index in [4.69, 9.17) is 10.5 Å². The van der Waals surface area contributed by atoms with Crippen molar-refractivity contribution in [1.29, 1.82) is 0 Å². The lowest BCUT2D eigenvalue weighted by Gasteiger charge is -2.33. The summed E-state index contributed by atoms with van der Waals surface area (Å²) in [6.45, 7) is 9.82. The van der Waals surface area contributed by atoms with Crippen molar-refractivity contribution in [3.8, 4) is 0 Å². The molecule has 0 spiro atoms. The molecule has 70 valence electrons. The molecule has 0 bridgehead atoms. The fourth-order valence-electron chi connectivity index (χ4n) is 1.80. The summed E-state index contributed by atoms with van der Waals surface area (Å²) in [7, 11) is 0. The zero-order valence-electron chi connectivity index (χ0n) is 8.05. The second kappa shape index (κ2) is 4.06.